The quantitative estimate of drug-likeness (QED) is 0.852. The molecule has 3 heteroatoms. The van der Waals surface area contributed by atoms with E-state index in [1.165, 1.54) is 32.2 Å². The van der Waals surface area contributed by atoms with Crippen LogP contribution in [0, 0.1) is 11.8 Å². The standard InChI is InChI=1S/C16H32N2O/c1-4-8-19-14-6-5-7-18(11-14)16-13(3)9-12(2)10-15(16)17/h12-16H,4-11,17H2,1-3H3. The van der Waals surface area contributed by atoms with Crippen molar-refractivity contribution in [3.8, 4) is 0 Å². The Labute approximate surface area is 118 Å². The number of ether oxygens (including phenoxy) is 1. The predicted molar refractivity (Wildman–Crippen MR) is 80.2 cm³/mol. The molecule has 2 fully saturated rings. The molecule has 2 N–H and O–H groups in total. The molecule has 5 atom stereocenters. The molecule has 0 aromatic heterocycles. The zero-order valence-corrected chi connectivity index (χ0v) is 13.0. The van der Waals surface area contributed by atoms with Crippen LogP contribution in [0.15, 0.2) is 0 Å². The zero-order valence-electron chi connectivity index (χ0n) is 13.0. The summed E-state index contributed by atoms with van der Waals surface area (Å²) >= 11 is 0. The second-order valence-corrected chi connectivity index (χ2v) is 6.84. The number of rotatable bonds is 4. The van der Waals surface area contributed by atoms with Gasteiger partial charge >= 0.3 is 0 Å². The molecule has 19 heavy (non-hydrogen) atoms. The zero-order chi connectivity index (χ0) is 13.8. The Balaban J connectivity index is 1.92. The molecule has 5 unspecified atom stereocenters. The molecule has 1 saturated carbocycles. The van der Waals surface area contributed by atoms with Gasteiger partial charge in [0.15, 0.2) is 0 Å². The topological polar surface area (TPSA) is 38.5 Å². The highest BCUT2D eigenvalue weighted by Gasteiger charge is 2.37. The van der Waals surface area contributed by atoms with Crippen molar-refractivity contribution in [3.63, 3.8) is 0 Å². The average Bonchev–Trinajstić information content (AvgIpc) is 2.35. The Morgan fingerprint density at radius 3 is 2.74 bits per heavy atom. The van der Waals surface area contributed by atoms with Crippen LogP contribution in [0.25, 0.3) is 0 Å². The molecular formula is C16H32N2O. The Hall–Kier alpha value is -0.120. The van der Waals surface area contributed by atoms with E-state index < -0.39 is 0 Å². The molecular weight excluding hydrogens is 236 g/mol. The molecule has 3 nitrogen and oxygen atoms in total. The number of piperidine rings is 1. The second kappa shape index (κ2) is 7.05. The van der Waals surface area contributed by atoms with Crippen LogP contribution in [0.1, 0.15) is 52.9 Å². The van der Waals surface area contributed by atoms with Gasteiger partial charge in [-0.1, -0.05) is 20.8 Å². The highest BCUT2D eigenvalue weighted by Crippen LogP contribution is 2.33. The van der Waals surface area contributed by atoms with Gasteiger partial charge < -0.3 is 10.5 Å². The molecule has 0 spiro atoms. The van der Waals surface area contributed by atoms with Crippen molar-refractivity contribution in [2.45, 2.75) is 71.1 Å². The molecule has 1 aliphatic heterocycles. The summed E-state index contributed by atoms with van der Waals surface area (Å²) in [5.74, 6) is 1.52. The van der Waals surface area contributed by atoms with Crippen LogP contribution in [0.4, 0.5) is 0 Å². The molecule has 112 valence electrons. The van der Waals surface area contributed by atoms with E-state index in [-0.39, 0.29) is 0 Å². The SMILES string of the molecule is CCCOC1CCCN(C2C(C)CC(C)CC2N)C1. The van der Waals surface area contributed by atoms with E-state index >= 15 is 0 Å². The lowest BCUT2D eigenvalue weighted by Gasteiger charge is -2.47. The largest absolute Gasteiger partial charge is 0.377 e. The van der Waals surface area contributed by atoms with Gasteiger partial charge in [-0.05, 0) is 50.5 Å². The second-order valence-electron chi connectivity index (χ2n) is 6.84. The first-order chi connectivity index (χ1) is 9.11. The van der Waals surface area contributed by atoms with Gasteiger partial charge in [-0.25, -0.2) is 0 Å². The van der Waals surface area contributed by atoms with Crippen LogP contribution in [-0.4, -0.2) is 42.8 Å². The van der Waals surface area contributed by atoms with Gasteiger partial charge in [0.05, 0.1) is 6.10 Å². The number of hydrogen-bond donors (Lipinski definition) is 1. The lowest BCUT2D eigenvalue weighted by molar-refractivity contribution is -0.0327. The average molecular weight is 268 g/mol. The van der Waals surface area contributed by atoms with Crippen LogP contribution in [0.2, 0.25) is 0 Å². The van der Waals surface area contributed by atoms with Crippen LogP contribution in [0.3, 0.4) is 0 Å². The molecule has 1 heterocycles. The summed E-state index contributed by atoms with van der Waals surface area (Å²) in [6.45, 7) is 10.1. The molecule has 0 aromatic rings. The molecule has 0 aromatic carbocycles. The van der Waals surface area contributed by atoms with Gasteiger partial charge in [-0.15, -0.1) is 0 Å². The fraction of sp³-hybridized carbons (Fsp3) is 1.00. The van der Waals surface area contributed by atoms with Crippen LogP contribution in [0.5, 0.6) is 0 Å². The lowest BCUT2D eigenvalue weighted by atomic mass is 9.75. The number of likely N-dealkylation sites (tertiary alicyclic amines) is 1. The first-order valence-electron chi connectivity index (χ1n) is 8.23. The van der Waals surface area contributed by atoms with Gasteiger partial charge in [-0.3, -0.25) is 4.90 Å². The van der Waals surface area contributed by atoms with Gasteiger partial charge in [0.2, 0.25) is 0 Å². The third-order valence-corrected chi connectivity index (χ3v) is 4.86. The molecule has 0 radical (unpaired) electrons. The summed E-state index contributed by atoms with van der Waals surface area (Å²) in [5.41, 5.74) is 6.45. The van der Waals surface area contributed by atoms with E-state index in [2.05, 4.69) is 25.7 Å². The van der Waals surface area contributed by atoms with Crippen molar-refractivity contribution in [2.75, 3.05) is 19.7 Å². The predicted octanol–water partition coefficient (Wildman–Crippen LogP) is 2.64. The van der Waals surface area contributed by atoms with Gasteiger partial charge in [0.25, 0.3) is 0 Å². The van der Waals surface area contributed by atoms with Gasteiger partial charge in [-0.2, -0.15) is 0 Å². The maximum absolute atomic E-state index is 6.45. The molecule has 2 rings (SSSR count). The van der Waals surface area contributed by atoms with E-state index in [9.17, 15) is 0 Å². The minimum Gasteiger partial charge on any atom is -0.377 e. The van der Waals surface area contributed by atoms with Crippen molar-refractivity contribution >= 4 is 0 Å². The maximum atomic E-state index is 6.45. The van der Waals surface area contributed by atoms with Crippen LogP contribution < -0.4 is 5.73 Å². The first-order valence-corrected chi connectivity index (χ1v) is 8.23. The summed E-state index contributed by atoms with van der Waals surface area (Å²) in [6.07, 6.45) is 6.56. The first kappa shape index (κ1) is 15.3. The smallest absolute Gasteiger partial charge is 0.0702 e. The van der Waals surface area contributed by atoms with E-state index in [0.717, 1.165) is 31.4 Å². The summed E-state index contributed by atoms with van der Waals surface area (Å²) in [7, 11) is 0. The van der Waals surface area contributed by atoms with Crippen molar-refractivity contribution in [1.82, 2.24) is 4.90 Å². The highest BCUT2D eigenvalue weighted by atomic mass is 16.5. The fourth-order valence-corrected chi connectivity index (χ4v) is 4.18. The van der Waals surface area contributed by atoms with Crippen molar-refractivity contribution in [1.29, 1.82) is 0 Å². The number of nitrogens with two attached hydrogens (primary N) is 1. The van der Waals surface area contributed by atoms with E-state index in [4.69, 9.17) is 10.5 Å². The molecule has 1 aliphatic carbocycles. The Morgan fingerprint density at radius 2 is 2.05 bits per heavy atom. The number of hydrogen-bond acceptors (Lipinski definition) is 3. The van der Waals surface area contributed by atoms with E-state index in [1.807, 2.05) is 0 Å². The minimum absolute atomic E-state index is 0.351. The third-order valence-electron chi connectivity index (χ3n) is 4.86. The number of nitrogens with zero attached hydrogens (tertiary/aromatic N) is 1. The summed E-state index contributed by atoms with van der Waals surface area (Å²) in [5, 5.41) is 0. The molecule has 0 amide bonds. The monoisotopic (exact) mass is 268 g/mol. The van der Waals surface area contributed by atoms with Gasteiger partial charge in [0.1, 0.15) is 0 Å². The van der Waals surface area contributed by atoms with E-state index in [1.54, 1.807) is 0 Å². The summed E-state index contributed by atoms with van der Waals surface area (Å²) in [4.78, 5) is 2.63. The summed E-state index contributed by atoms with van der Waals surface area (Å²) in [6, 6.07) is 0.924. The highest BCUT2D eigenvalue weighted by molar-refractivity contribution is 4.94. The van der Waals surface area contributed by atoms with Crippen molar-refractivity contribution < 1.29 is 4.74 Å². The minimum atomic E-state index is 0.351. The van der Waals surface area contributed by atoms with Gasteiger partial charge in [0, 0.05) is 25.2 Å². The lowest BCUT2D eigenvalue weighted by Crippen LogP contribution is -2.58. The molecule has 2 aliphatic rings. The maximum Gasteiger partial charge on any atom is 0.0702 e. The van der Waals surface area contributed by atoms with Crippen molar-refractivity contribution in [3.05, 3.63) is 0 Å². The van der Waals surface area contributed by atoms with Crippen LogP contribution >= 0.6 is 0 Å². The van der Waals surface area contributed by atoms with Crippen LogP contribution in [-0.2, 0) is 4.74 Å². The van der Waals surface area contributed by atoms with Crippen molar-refractivity contribution in [2.24, 2.45) is 17.6 Å². The Bertz CT molecular complexity index is 259. The Morgan fingerprint density at radius 1 is 1.26 bits per heavy atom. The summed E-state index contributed by atoms with van der Waals surface area (Å²) < 4.78 is 5.96. The Kier molecular flexibility index (Phi) is 5.67. The molecule has 0 bridgehead atoms. The normalized spacial score (nSPS) is 41.4. The third kappa shape index (κ3) is 3.93. The fourth-order valence-electron chi connectivity index (χ4n) is 4.18. The van der Waals surface area contributed by atoms with E-state index in [0.29, 0.717) is 18.2 Å². The molecule has 1 saturated heterocycles.